The molecule has 1 aromatic heterocycles. The summed E-state index contributed by atoms with van der Waals surface area (Å²) in [5, 5.41) is 19.2. The number of carbonyl (C=O) groups is 1. The van der Waals surface area contributed by atoms with E-state index >= 15 is 0 Å². The molecule has 1 amide bonds. The molecule has 0 saturated carbocycles. The normalized spacial score (nSPS) is 17.8. The minimum atomic E-state index is -2.11. The zero-order valence-electron chi connectivity index (χ0n) is 20.5. The van der Waals surface area contributed by atoms with Crippen LogP contribution in [0.25, 0.3) is 10.9 Å². The molecule has 0 saturated heterocycles. The first-order chi connectivity index (χ1) is 16.2. The third-order valence-electron chi connectivity index (χ3n) is 6.88. The summed E-state index contributed by atoms with van der Waals surface area (Å²) in [6, 6.07) is 5.15. The number of aryl methyl sites for hydroxylation is 1. The Kier molecular flexibility index (Phi) is 6.01. The van der Waals surface area contributed by atoms with Gasteiger partial charge < -0.3 is 20.6 Å². The summed E-state index contributed by atoms with van der Waals surface area (Å²) >= 11 is 6.25. The van der Waals surface area contributed by atoms with Gasteiger partial charge in [0.2, 0.25) is 0 Å². The summed E-state index contributed by atoms with van der Waals surface area (Å²) in [5.41, 5.74) is 5.42. The second-order valence-corrected chi connectivity index (χ2v) is 15.4. The van der Waals surface area contributed by atoms with E-state index in [1.165, 1.54) is 6.07 Å². The highest BCUT2D eigenvalue weighted by molar-refractivity contribution is 6.74. The Morgan fingerprint density at radius 1 is 1.34 bits per heavy atom. The molecule has 10 heteroatoms. The van der Waals surface area contributed by atoms with Gasteiger partial charge in [0, 0.05) is 34.3 Å². The number of hydrogen-bond acceptors (Lipinski definition) is 5. The standard InChI is InChI=1S/C25H28ClFN4O3Si/c1-24(2,3)35(5,6)34-11-7-8-19-15-13-18(28)21-20(22(15)30-31(19)4)23(32)29-25(21,33)16-12-14(27)9-10-17(16)26/h9-10,12-13,33H,11,28H2,1-6H3,(H,29,32). The molecule has 0 bridgehead atoms. The van der Waals surface area contributed by atoms with Crippen molar-refractivity contribution in [1.82, 2.24) is 15.1 Å². The van der Waals surface area contributed by atoms with Gasteiger partial charge in [-0.25, -0.2) is 4.39 Å². The first-order valence-corrected chi connectivity index (χ1v) is 14.4. The fraction of sp³-hybridized carbons (Fsp3) is 0.360. The van der Waals surface area contributed by atoms with Gasteiger partial charge in [-0.1, -0.05) is 38.3 Å². The molecule has 0 spiro atoms. The predicted octanol–water partition coefficient (Wildman–Crippen LogP) is 4.26. The predicted molar refractivity (Wildman–Crippen MR) is 137 cm³/mol. The average molecular weight is 515 g/mol. The first kappa shape index (κ1) is 25.2. The van der Waals surface area contributed by atoms with Crippen molar-refractivity contribution in [2.45, 2.75) is 44.6 Å². The van der Waals surface area contributed by atoms with E-state index in [4.69, 9.17) is 21.8 Å². The van der Waals surface area contributed by atoms with E-state index in [1.807, 2.05) is 0 Å². The maximum atomic E-state index is 14.0. The molecule has 0 radical (unpaired) electrons. The molecule has 184 valence electrons. The zero-order chi connectivity index (χ0) is 25.9. The lowest BCUT2D eigenvalue weighted by Crippen LogP contribution is -2.40. The fourth-order valence-electron chi connectivity index (χ4n) is 3.93. The lowest BCUT2D eigenvalue weighted by Gasteiger charge is -2.35. The second kappa shape index (κ2) is 8.35. The van der Waals surface area contributed by atoms with Crippen molar-refractivity contribution in [1.29, 1.82) is 0 Å². The number of aromatic nitrogens is 2. The van der Waals surface area contributed by atoms with Gasteiger partial charge in [-0.05, 0) is 48.3 Å². The van der Waals surface area contributed by atoms with Crippen molar-refractivity contribution < 1.29 is 18.7 Å². The zero-order valence-corrected chi connectivity index (χ0v) is 22.3. The molecule has 0 fully saturated rings. The quantitative estimate of drug-likeness (QED) is 0.275. The minimum Gasteiger partial charge on any atom is -0.406 e. The summed E-state index contributed by atoms with van der Waals surface area (Å²) in [5.74, 6) is 4.93. The van der Waals surface area contributed by atoms with E-state index in [2.05, 4.69) is 56.1 Å². The number of anilines is 1. The lowest BCUT2D eigenvalue weighted by atomic mass is 9.91. The van der Waals surface area contributed by atoms with Crippen molar-refractivity contribution in [2.24, 2.45) is 7.05 Å². The summed E-state index contributed by atoms with van der Waals surface area (Å²) in [7, 11) is -0.234. The van der Waals surface area contributed by atoms with E-state index in [-0.39, 0.29) is 39.0 Å². The Labute approximate surface area is 209 Å². The molecule has 1 unspecified atom stereocenters. The number of carbonyl (C=O) groups excluding carboxylic acids is 1. The number of hydrogen-bond donors (Lipinski definition) is 3. The largest absolute Gasteiger partial charge is 0.406 e. The van der Waals surface area contributed by atoms with Crippen molar-refractivity contribution in [3.63, 3.8) is 0 Å². The van der Waals surface area contributed by atoms with Crippen LogP contribution in [0.3, 0.4) is 0 Å². The van der Waals surface area contributed by atoms with E-state index < -0.39 is 25.8 Å². The summed E-state index contributed by atoms with van der Waals surface area (Å²) in [4.78, 5) is 13.0. The molecule has 4 N–H and O–H groups in total. The Balaban J connectivity index is 1.80. The highest BCUT2D eigenvalue weighted by Gasteiger charge is 2.47. The number of benzene rings is 2. The van der Waals surface area contributed by atoms with Gasteiger partial charge in [0.15, 0.2) is 14.0 Å². The molecule has 2 heterocycles. The SMILES string of the molecule is Cn1nc2c3c(c(N)cc2c1C#CCO[Si](C)(C)C(C)(C)C)C(O)(c1cc(F)ccc1Cl)NC3=O. The third-order valence-corrected chi connectivity index (χ3v) is 11.7. The van der Waals surface area contributed by atoms with Crippen LogP contribution in [0.15, 0.2) is 24.3 Å². The summed E-state index contributed by atoms with van der Waals surface area (Å²) < 4.78 is 21.7. The lowest BCUT2D eigenvalue weighted by molar-refractivity contribution is 0.0479. The molecule has 7 nitrogen and oxygen atoms in total. The number of nitrogen functional groups attached to an aromatic ring is 1. The minimum absolute atomic E-state index is 0.0176. The van der Waals surface area contributed by atoms with Crippen molar-refractivity contribution in [3.8, 4) is 11.8 Å². The van der Waals surface area contributed by atoms with Gasteiger partial charge in [-0.3, -0.25) is 9.48 Å². The molecular formula is C25H28ClFN4O3Si. The molecule has 3 aromatic rings. The maximum Gasteiger partial charge on any atom is 0.256 e. The number of fused-ring (bicyclic) bond motifs is 3. The number of nitrogens with zero attached hydrogens (tertiary/aromatic N) is 2. The third kappa shape index (κ3) is 4.10. The van der Waals surface area contributed by atoms with Crippen LogP contribution >= 0.6 is 11.6 Å². The number of nitrogens with one attached hydrogen (secondary N) is 1. The smallest absolute Gasteiger partial charge is 0.256 e. The Morgan fingerprint density at radius 2 is 2.03 bits per heavy atom. The van der Waals surface area contributed by atoms with Crippen LogP contribution in [-0.2, 0) is 17.2 Å². The summed E-state index contributed by atoms with van der Waals surface area (Å²) in [6.07, 6.45) is 0. The van der Waals surface area contributed by atoms with Gasteiger partial charge >= 0.3 is 0 Å². The highest BCUT2D eigenvalue weighted by atomic mass is 35.5. The van der Waals surface area contributed by atoms with Crippen molar-refractivity contribution in [2.75, 3.05) is 12.3 Å². The first-order valence-electron chi connectivity index (χ1n) is 11.1. The van der Waals surface area contributed by atoms with Gasteiger partial charge in [0.05, 0.1) is 12.2 Å². The number of amides is 1. The number of rotatable bonds is 3. The van der Waals surface area contributed by atoms with Crippen LogP contribution in [0.2, 0.25) is 23.2 Å². The topological polar surface area (TPSA) is 102 Å². The molecule has 2 aromatic carbocycles. The van der Waals surface area contributed by atoms with Gasteiger partial charge in [0.1, 0.15) is 17.0 Å². The Bertz CT molecular complexity index is 1430. The van der Waals surface area contributed by atoms with Crippen LogP contribution in [0.1, 0.15) is 48.0 Å². The van der Waals surface area contributed by atoms with Crippen LogP contribution in [0.4, 0.5) is 10.1 Å². The van der Waals surface area contributed by atoms with Crippen LogP contribution < -0.4 is 11.1 Å². The van der Waals surface area contributed by atoms with Crippen LogP contribution in [-0.4, -0.2) is 35.7 Å². The Morgan fingerprint density at radius 3 is 2.69 bits per heavy atom. The molecule has 4 rings (SSSR count). The molecule has 0 aliphatic carbocycles. The van der Waals surface area contributed by atoms with Gasteiger partial charge in [0.25, 0.3) is 5.91 Å². The van der Waals surface area contributed by atoms with Crippen LogP contribution in [0.5, 0.6) is 0 Å². The fourth-order valence-corrected chi connectivity index (χ4v) is 5.05. The average Bonchev–Trinajstić information content (AvgIpc) is 3.20. The Hall–Kier alpha value is -2.90. The summed E-state index contributed by atoms with van der Waals surface area (Å²) in [6.45, 7) is 11.1. The van der Waals surface area contributed by atoms with E-state index in [1.54, 1.807) is 17.8 Å². The van der Waals surface area contributed by atoms with Crippen molar-refractivity contribution in [3.05, 3.63) is 57.5 Å². The van der Waals surface area contributed by atoms with E-state index in [9.17, 15) is 14.3 Å². The molecular weight excluding hydrogens is 487 g/mol. The van der Waals surface area contributed by atoms with E-state index in [0.717, 1.165) is 12.1 Å². The molecule has 1 aliphatic heterocycles. The molecule has 1 aliphatic rings. The number of halogens is 2. The van der Waals surface area contributed by atoms with Crippen molar-refractivity contribution >= 4 is 42.4 Å². The second-order valence-electron chi connectivity index (χ2n) is 10.2. The molecule has 35 heavy (non-hydrogen) atoms. The number of aliphatic hydroxyl groups is 1. The highest BCUT2D eigenvalue weighted by Crippen LogP contribution is 2.44. The number of nitrogens with two attached hydrogens (primary N) is 1. The van der Waals surface area contributed by atoms with E-state index in [0.29, 0.717) is 16.6 Å². The monoisotopic (exact) mass is 514 g/mol. The maximum absolute atomic E-state index is 14.0. The van der Waals surface area contributed by atoms with Gasteiger partial charge in [-0.15, -0.1) is 0 Å². The molecule has 1 atom stereocenters. The van der Waals surface area contributed by atoms with Gasteiger partial charge in [-0.2, -0.15) is 5.10 Å². The van der Waals surface area contributed by atoms with Crippen LogP contribution in [0, 0.1) is 17.7 Å².